The van der Waals surface area contributed by atoms with Crippen molar-refractivity contribution >= 4 is 21.7 Å². The number of methoxy groups -OCH3 is 1. The summed E-state index contributed by atoms with van der Waals surface area (Å²) >= 11 is 0. The molecule has 1 aromatic heterocycles. The smallest absolute Gasteiger partial charge is 0.338 e. The van der Waals surface area contributed by atoms with Crippen LogP contribution in [-0.4, -0.2) is 36.2 Å². The van der Waals surface area contributed by atoms with Crippen LogP contribution in [-0.2, 0) is 10.0 Å². The Labute approximate surface area is 137 Å². The highest BCUT2D eigenvalue weighted by Crippen LogP contribution is 2.30. The van der Waals surface area contributed by atoms with Gasteiger partial charge in [0.2, 0.25) is 0 Å². The molecule has 10 heteroatoms. The molecule has 0 amide bonds. The summed E-state index contributed by atoms with van der Waals surface area (Å²) in [6.45, 7) is 3.71. The molecular formula is C14H16FN3O5S. The third-order valence-electron chi connectivity index (χ3n) is 3.21. The summed E-state index contributed by atoms with van der Waals surface area (Å²) in [6, 6.07) is 1.67. The number of aromatic nitrogens is 2. The second kappa shape index (κ2) is 6.48. The van der Waals surface area contributed by atoms with Gasteiger partial charge in [-0.25, -0.2) is 14.2 Å². The fraction of sp³-hybridized carbons (Fsp3) is 0.286. The summed E-state index contributed by atoms with van der Waals surface area (Å²) in [5.74, 6) is -2.70. The number of imidazole rings is 1. The van der Waals surface area contributed by atoms with Crippen molar-refractivity contribution in [1.82, 2.24) is 9.55 Å². The predicted molar refractivity (Wildman–Crippen MR) is 83.3 cm³/mol. The van der Waals surface area contributed by atoms with Crippen LogP contribution in [0.4, 0.5) is 10.1 Å². The number of carboxylic acid groups (broad SMARTS) is 1. The molecule has 0 unspecified atom stereocenters. The van der Waals surface area contributed by atoms with E-state index in [1.165, 1.54) is 19.6 Å². The number of benzene rings is 1. The first-order chi connectivity index (χ1) is 11.2. The van der Waals surface area contributed by atoms with E-state index in [-0.39, 0.29) is 22.5 Å². The van der Waals surface area contributed by atoms with Crippen LogP contribution in [0.3, 0.4) is 0 Å². The van der Waals surface area contributed by atoms with Gasteiger partial charge in [-0.15, -0.1) is 0 Å². The lowest BCUT2D eigenvalue weighted by molar-refractivity contribution is 0.0691. The molecule has 0 aliphatic rings. The summed E-state index contributed by atoms with van der Waals surface area (Å²) in [6.07, 6.45) is 2.70. The van der Waals surface area contributed by atoms with Crippen LogP contribution in [0.5, 0.6) is 5.75 Å². The standard InChI is InChI=1S/C14H16FN3O5S/c1-8(2)18-6-13(16-7-18)24(21,22)17-11-5-10(15)9(14(19)20)4-12(11)23-3/h4-8,17H,1-3H3,(H,19,20). The Kier molecular flexibility index (Phi) is 4.78. The monoisotopic (exact) mass is 357 g/mol. The van der Waals surface area contributed by atoms with Crippen molar-refractivity contribution in [2.24, 2.45) is 0 Å². The molecule has 0 saturated heterocycles. The van der Waals surface area contributed by atoms with Crippen LogP contribution < -0.4 is 9.46 Å². The number of sulfonamides is 1. The second-order valence-corrected chi connectivity index (χ2v) is 6.83. The molecule has 2 rings (SSSR count). The van der Waals surface area contributed by atoms with Crippen molar-refractivity contribution in [1.29, 1.82) is 0 Å². The van der Waals surface area contributed by atoms with E-state index in [9.17, 15) is 17.6 Å². The molecule has 0 aliphatic heterocycles. The minimum Gasteiger partial charge on any atom is -0.495 e. The molecule has 0 spiro atoms. The molecule has 0 radical (unpaired) electrons. The normalized spacial score (nSPS) is 11.5. The van der Waals surface area contributed by atoms with E-state index in [0.29, 0.717) is 0 Å². The van der Waals surface area contributed by atoms with Gasteiger partial charge in [0, 0.05) is 18.3 Å². The second-order valence-electron chi connectivity index (χ2n) is 5.20. The van der Waals surface area contributed by atoms with Crippen LogP contribution in [0.15, 0.2) is 29.7 Å². The number of rotatable bonds is 6. The Morgan fingerprint density at radius 1 is 1.42 bits per heavy atom. The zero-order valence-corrected chi connectivity index (χ0v) is 14.0. The Bertz CT molecular complexity index is 877. The van der Waals surface area contributed by atoms with Crippen LogP contribution >= 0.6 is 0 Å². The summed E-state index contributed by atoms with van der Waals surface area (Å²) in [7, 11) is -2.87. The molecule has 2 N–H and O–H groups in total. The number of halogens is 1. The number of nitrogens with zero attached hydrogens (tertiary/aromatic N) is 2. The summed E-state index contributed by atoms with van der Waals surface area (Å²) in [5, 5.41) is 8.65. The molecule has 0 bridgehead atoms. The van der Waals surface area contributed by atoms with Crippen molar-refractivity contribution in [3.63, 3.8) is 0 Å². The highest BCUT2D eigenvalue weighted by molar-refractivity contribution is 7.92. The van der Waals surface area contributed by atoms with Crippen LogP contribution in [0.1, 0.15) is 30.2 Å². The molecule has 0 aliphatic carbocycles. The molecule has 130 valence electrons. The molecule has 8 nitrogen and oxygen atoms in total. The lowest BCUT2D eigenvalue weighted by Gasteiger charge is -2.12. The fourth-order valence-electron chi connectivity index (χ4n) is 1.90. The van der Waals surface area contributed by atoms with E-state index in [4.69, 9.17) is 9.84 Å². The molecule has 2 aromatic rings. The van der Waals surface area contributed by atoms with Gasteiger partial charge in [-0.1, -0.05) is 0 Å². The molecule has 24 heavy (non-hydrogen) atoms. The van der Waals surface area contributed by atoms with Crippen molar-refractivity contribution in [3.8, 4) is 5.75 Å². The minimum atomic E-state index is -4.08. The average molecular weight is 357 g/mol. The maximum Gasteiger partial charge on any atom is 0.338 e. The Balaban J connectivity index is 2.41. The Morgan fingerprint density at radius 2 is 2.08 bits per heavy atom. The number of carboxylic acids is 1. The van der Waals surface area contributed by atoms with Gasteiger partial charge in [0.25, 0.3) is 10.0 Å². The van der Waals surface area contributed by atoms with Gasteiger partial charge < -0.3 is 14.4 Å². The SMILES string of the molecule is COc1cc(C(=O)O)c(F)cc1NS(=O)(=O)c1cn(C(C)C)cn1. The van der Waals surface area contributed by atoms with Crippen molar-refractivity contribution in [3.05, 3.63) is 36.0 Å². The fourth-order valence-corrected chi connectivity index (χ4v) is 2.90. The number of hydrogen-bond donors (Lipinski definition) is 2. The van der Waals surface area contributed by atoms with E-state index in [1.54, 1.807) is 4.57 Å². The molecule has 1 aromatic carbocycles. The molecule has 0 fully saturated rings. The topological polar surface area (TPSA) is 111 Å². The average Bonchev–Trinajstić information content (AvgIpc) is 2.97. The first-order valence-corrected chi connectivity index (χ1v) is 8.31. The zero-order valence-electron chi connectivity index (χ0n) is 13.1. The van der Waals surface area contributed by atoms with E-state index in [2.05, 4.69) is 9.71 Å². The van der Waals surface area contributed by atoms with Gasteiger partial charge in [-0.05, 0) is 19.9 Å². The van der Waals surface area contributed by atoms with Gasteiger partial charge in [-0.2, -0.15) is 8.42 Å². The third kappa shape index (κ3) is 3.48. The Hall–Kier alpha value is -2.62. The minimum absolute atomic E-state index is 0.0169. The van der Waals surface area contributed by atoms with E-state index >= 15 is 0 Å². The highest BCUT2D eigenvalue weighted by atomic mass is 32.2. The number of hydrogen-bond acceptors (Lipinski definition) is 5. The maximum absolute atomic E-state index is 13.8. The van der Waals surface area contributed by atoms with E-state index in [0.717, 1.165) is 12.1 Å². The number of carbonyl (C=O) groups is 1. The van der Waals surface area contributed by atoms with Gasteiger partial charge in [0.1, 0.15) is 11.6 Å². The predicted octanol–water partition coefficient (Wildman–Crippen LogP) is 2.11. The van der Waals surface area contributed by atoms with Crippen LogP contribution in [0, 0.1) is 5.82 Å². The van der Waals surface area contributed by atoms with Crippen LogP contribution in [0.2, 0.25) is 0 Å². The summed E-state index contributed by atoms with van der Waals surface area (Å²) in [4.78, 5) is 14.7. The quantitative estimate of drug-likeness (QED) is 0.819. The number of ether oxygens (including phenoxy) is 1. The summed E-state index contributed by atoms with van der Waals surface area (Å²) < 4.78 is 47.2. The lowest BCUT2D eigenvalue weighted by Crippen LogP contribution is -2.15. The van der Waals surface area contributed by atoms with Crippen molar-refractivity contribution in [2.75, 3.05) is 11.8 Å². The Morgan fingerprint density at radius 3 is 2.58 bits per heavy atom. The third-order valence-corrected chi connectivity index (χ3v) is 4.46. The van der Waals surface area contributed by atoms with Gasteiger partial charge >= 0.3 is 5.97 Å². The first kappa shape index (κ1) is 17.7. The number of aromatic carboxylic acids is 1. The van der Waals surface area contributed by atoms with Crippen LogP contribution in [0.25, 0.3) is 0 Å². The van der Waals surface area contributed by atoms with E-state index < -0.39 is 27.4 Å². The van der Waals surface area contributed by atoms with E-state index in [1.807, 2.05) is 13.8 Å². The first-order valence-electron chi connectivity index (χ1n) is 6.83. The van der Waals surface area contributed by atoms with Gasteiger partial charge in [0.15, 0.2) is 5.03 Å². The van der Waals surface area contributed by atoms with Gasteiger partial charge in [-0.3, -0.25) is 4.72 Å². The lowest BCUT2D eigenvalue weighted by atomic mass is 10.2. The molecule has 0 saturated carbocycles. The molecule has 1 heterocycles. The van der Waals surface area contributed by atoms with Crippen molar-refractivity contribution < 1.29 is 27.4 Å². The highest BCUT2D eigenvalue weighted by Gasteiger charge is 2.22. The molecular weight excluding hydrogens is 341 g/mol. The van der Waals surface area contributed by atoms with Crippen molar-refractivity contribution in [2.45, 2.75) is 24.9 Å². The number of nitrogens with one attached hydrogen (secondary N) is 1. The molecule has 0 atom stereocenters. The van der Waals surface area contributed by atoms with Gasteiger partial charge in [0.05, 0.1) is 24.7 Å². The largest absolute Gasteiger partial charge is 0.495 e. The zero-order chi connectivity index (χ0) is 18.1. The number of anilines is 1. The maximum atomic E-state index is 13.8. The summed E-state index contributed by atoms with van der Waals surface area (Å²) in [5.41, 5.74) is -0.849.